The van der Waals surface area contributed by atoms with Crippen LogP contribution in [0.2, 0.25) is 0 Å². The molecule has 6 heteroatoms. The molecule has 0 saturated heterocycles. The molecule has 0 unspecified atom stereocenters. The molecule has 24 heavy (non-hydrogen) atoms. The molecule has 0 atom stereocenters. The molecule has 0 bridgehead atoms. The monoisotopic (exact) mass is 391 g/mol. The van der Waals surface area contributed by atoms with Gasteiger partial charge in [0.05, 0.1) is 12.7 Å². The molecule has 0 fully saturated rings. The molecule has 0 spiro atoms. The van der Waals surface area contributed by atoms with Crippen molar-refractivity contribution in [1.29, 1.82) is 0 Å². The molecule has 126 valence electrons. The topological polar surface area (TPSA) is 64.6 Å². The minimum Gasteiger partial charge on any atom is -0.497 e. The van der Waals surface area contributed by atoms with Gasteiger partial charge in [-0.15, -0.1) is 0 Å². The molecule has 2 aromatic rings. The molecule has 0 aromatic heterocycles. The number of anilines is 1. The van der Waals surface area contributed by atoms with E-state index in [1.54, 1.807) is 24.3 Å². The van der Waals surface area contributed by atoms with Gasteiger partial charge in [-0.05, 0) is 55.3 Å². The zero-order valence-corrected chi connectivity index (χ0v) is 15.3. The second kappa shape index (κ2) is 7.97. The molecule has 1 amide bonds. The van der Waals surface area contributed by atoms with Crippen LogP contribution in [0.1, 0.15) is 21.5 Å². The number of carbonyl (C=O) groups excluding carboxylic acids is 2. The Morgan fingerprint density at radius 1 is 1.12 bits per heavy atom. The van der Waals surface area contributed by atoms with Gasteiger partial charge >= 0.3 is 5.97 Å². The molecular formula is C18H18BrNO4. The summed E-state index contributed by atoms with van der Waals surface area (Å²) in [5.74, 6) is -0.414. The van der Waals surface area contributed by atoms with Gasteiger partial charge in [-0.2, -0.15) is 0 Å². The summed E-state index contributed by atoms with van der Waals surface area (Å²) in [6.07, 6.45) is 0. The Bertz CT molecular complexity index is 750. The van der Waals surface area contributed by atoms with Crippen LogP contribution >= 0.6 is 15.9 Å². The van der Waals surface area contributed by atoms with Gasteiger partial charge in [0.1, 0.15) is 5.75 Å². The van der Waals surface area contributed by atoms with Crippen LogP contribution in [-0.2, 0) is 9.53 Å². The summed E-state index contributed by atoms with van der Waals surface area (Å²) in [5, 5.41) is 2.77. The highest BCUT2D eigenvalue weighted by molar-refractivity contribution is 9.10. The zero-order valence-electron chi connectivity index (χ0n) is 13.7. The molecule has 0 aliphatic carbocycles. The van der Waals surface area contributed by atoms with Crippen LogP contribution in [0.4, 0.5) is 5.69 Å². The summed E-state index contributed by atoms with van der Waals surface area (Å²) < 4.78 is 11.0. The summed E-state index contributed by atoms with van der Waals surface area (Å²) in [6, 6.07) is 10.4. The average Bonchev–Trinajstić information content (AvgIpc) is 2.56. The molecule has 0 radical (unpaired) electrons. The average molecular weight is 392 g/mol. The standard InChI is InChI=1S/C18H18BrNO4/c1-11-7-14(19)8-12(2)17(11)20-16(21)10-24-18(22)13-5-4-6-15(9-13)23-3/h4-9H,10H2,1-3H3,(H,20,21). The number of carbonyl (C=O) groups is 2. The Kier molecular flexibility index (Phi) is 5.98. The molecule has 5 nitrogen and oxygen atoms in total. The molecule has 1 N–H and O–H groups in total. The number of nitrogens with one attached hydrogen (secondary N) is 1. The lowest BCUT2D eigenvalue weighted by molar-refractivity contribution is -0.119. The van der Waals surface area contributed by atoms with Gasteiger partial charge in [0, 0.05) is 10.2 Å². The van der Waals surface area contributed by atoms with E-state index in [0.717, 1.165) is 21.3 Å². The summed E-state index contributed by atoms with van der Waals surface area (Å²) in [5.41, 5.74) is 2.91. The van der Waals surface area contributed by atoms with Crippen LogP contribution < -0.4 is 10.1 Å². The van der Waals surface area contributed by atoms with Gasteiger partial charge in [-0.3, -0.25) is 4.79 Å². The fraction of sp³-hybridized carbons (Fsp3) is 0.222. The first-order valence-corrected chi connectivity index (χ1v) is 8.08. The third-order valence-electron chi connectivity index (χ3n) is 3.40. The Labute approximate surface area is 149 Å². The minimum absolute atomic E-state index is 0.332. The third-order valence-corrected chi connectivity index (χ3v) is 3.86. The number of methoxy groups -OCH3 is 1. The summed E-state index contributed by atoms with van der Waals surface area (Å²) >= 11 is 3.41. The van der Waals surface area contributed by atoms with Crippen molar-refractivity contribution in [2.45, 2.75) is 13.8 Å². The largest absolute Gasteiger partial charge is 0.497 e. The van der Waals surface area contributed by atoms with E-state index in [-0.39, 0.29) is 12.5 Å². The van der Waals surface area contributed by atoms with Crippen molar-refractivity contribution in [2.75, 3.05) is 19.0 Å². The molecule has 2 aromatic carbocycles. The van der Waals surface area contributed by atoms with Crippen molar-refractivity contribution in [3.8, 4) is 5.75 Å². The zero-order chi connectivity index (χ0) is 17.7. The van der Waals surface area contributed by atoms with Crippen LogP contribution in [0.15, 0.2) is 40.9 Å². The summed E-state index contributed by atoms with van der Waals surface area (Å²) in [4.78, 5) is 24.0. The van der Waals surface area contributed by atoms with Crippen molar-refractivity contribution in [3.05, 3.63) is 57.6 Å². The predicted octanol–water partition coefficient (Wildman–Crippen LogP) is 3.87. The molecule has 0 heterocycles. The number of esters is 1. The van der Waals surface area contributed by atoms with E-state index in [1.807, 2.05) is 26.0 Å². The quantitative estimate of drug-likeness (QED) is 0.785. The Hall–Kier alpha value is -2.34. The Morgan fingerprint density at radius 2 is 1.79 bits per heavy atom. The van der Waals surface area contributed by atoms with Gasteiger partial charge in [0.15, 0.2) is 6.61 Å². The number of hydrogen-bond acceptors (Lipinski definition) is 4. The number of amides is 1. The van der Waals surface area contributed by atoms with Crippen LogP contribution in [0.25, 0.3) is 0 Å². The van der Waals surface area contributed by atoms with Crippen LogP contribution in [0, 0.1) is 13.8 Å². The SMILES string of the molecule is COc1cccc(C(=O)OCC(=O)Nc2c(C)cc(Br)cc2C)c1. The van der Waals surface area contributed by atoms with Crippen molar-refractivity contribution in [2.24, 2.45) is 0 Å². The first kappa shape index (κ1) is 18.0. The molecule has 0 saturated carbocycles. The number of hydrogen-bond donors (Lipinski definition) is 1. The molecule has 2 rings (SSSR count). The van der Waals surface area contributed by atoms with E-state index >= 15 is 0 Å². The first-order valence-electron chi connectivity index (χ1n) is 7.28. The van der Waals surface area contributed by atoms with Crippen molar-refractivity contribution < 1.29 is 19.1 Å². The van der Waals surface area contributed by atoms with Gasteiger partial charge in [-0.25, -0.2) is 4.79 Å². The summed E-state index contributed by atoms with van der Waals surface area (Å²) in [6.45, 7) is 3.44. The van der Waals surface area contributed by atoms with E-state index in [0.29, 0.717) is 11.3 Å². The maximum absolute atomic E-state index is 12.0. The normalized spacial score (nSPS) is 10.2. The maximum Gasteiger partial charge on any atom is 0.338 e. The van der Waals surface area contributed by atoms with E-state index in [9.17, 15) is 9.59 Å². The first-order chi connectivity index (χ1) is 11.4. The number of rotatable bonds is 5. The Morgan fingerprint density at radius 3 is 2.42 bits per heavy atom. The van der Waals surface area contributed by atoms with E-state index < -0.39 is 5.97 Å². The third kappa shape index (κ3) is 4.58. The van der Waals surface area contributed by atoms with Crippen molar-refractivity contribution >= 4 is 33.5 Å². The fourth-order valence-electron chi connectivity index (χ4n) is 2.25. The second-order valence-electron chi connectivity index (χ2n) is 5.27. The van der Waals surface area contributed by atoms with E-state index in [1.165, 1.54) is 7.11 Å². The van der Waals surface area contributed by atoms with E-state index in [2.05, 4.69) is 21.2 Å². The highest BCUT2D eigenvalue weighted by atomic mass is 79.9. The molecule has 0 aliphatic rings. The highest BCUT2D eigenvalue weighted by Crippen LogP contribution is 2.25. The fourth-order valence-corrected chi connectivity index (χ4v) is 2.93. The van der Waals surface area contributed by atoms with Crippen LogP contribution in [0.5, 0.6) is 5.75 Å². The number of aryl methyl sites for hydroxylation is 2. The number of ether oxygens (including phenoxy) is 2. The minimum atomic E-state index is -0.576. The Balaban J connectivity index is 1.97. The van der Waals surface area contributed by atoms with Crippen molar-refractivity contribution in [1.82, 2.24) is 0 Å². The van der Waals surface area contributed by atoms with E-state index in [4.69, 9.17) is 9.47 Å². The van der Waals surface area contributed by atoms with Gasteiger partial charge in [0.25, 0.3) is 5.91 Å². The van der Waals surface area contributed by atoms with Crippen molar-refractivity contribution in [3.63, 3.8) is 0 Å². The number of halogens is 1. The predicted molar refractivity (Wildman–Crippen MR) is 95.5 cm³/mol. The second-order valence-corrected chi connectivity index (χ2v) is 6.19. The lowest BCUT2D eigenvalue weighted by atomic mass is 10.1. The lowest BCUT2D eigenvalue weighted by Crippen LogP contribution is -2.21. The maximum atomic E-state index is 12.0. The lowest BCUT2D eigenvalue weighted by Gasteiger charge is -2.12. The highest BCUT2D eigenvalue weighted by Gasteiger charge is 2.13. The van der Waals surface area contributed by atoms with Gasteiger partial charge in [-0.1, -0.05) is 22.0 Å². The molecular weight excluding hydrogens is 374 g/mol. The number of benzene rings is 2. The van der Waals surface area contributed by atoms with Crippen LogP contribution in [0.3, 0.4) is 0 Å². The molecule has 0 aliphatic heterocycles. The van der Waals surface area contributed by atoms with Gasteiger partial charge in [0.2, 0.25) is 0 Å². The summed E-state index contributed by atoms with van der Waals surface area (Å²) in [7, 11) is 1.51. The van der Waals surface area contributed by atoms with Gasteiger partial charge < -0.3 is 14.8 Å². The smallest absolute Gasteiger partial charge is 0.338 e. The van der Waals surface area contributed by atoms with Crippen LogP contribution in [-0.4, -0.2) is 25.6 Å².